The van der Waals surface area contributed by atoms with Crippen LogP contribution in [0.1, 0.15) is 47.8 Å². The van der Waals surface area contributed by atoms with Crippen LogP contribution in [0.3, 0.4) is 0 Å². The molecule has 1 aliphatic rings. The quantitative estimate of drug-likeness (QED) is 0.334. The molecule has 1 saturated heterocycles. The molecular formula is C29H30ClN5O2. The van der Waals surface area contributed by atoms with E-state index in [4.69, 9.17) is 11.6 Å². The number of anilines is 2. The minimum Gasteiger partial charge on any atom is -0.385 e. The fraction of sp³-hybridized carbons (Fsp3) is 0.276. The molecule has 0 spiro atoms. The number of pyridine rings is 1. The minimum atomic E-state index is -0.807. The Morgan fingerprint density at radius 2 is 1.76 bits per heavy atom. The predicted octanol–water partition coefficient (Wildman–Crippen LogP) is 5.61. The topological polar surface area (TPSA) is 83.3 Å². The lowest BCUT2D eigenvalue weighted by molar-refractivity contribution is 0.0116. The van der Waals surface area contributed by atoms with Gasteiger partial charge in [0, 0.05) is 18.1 Å². The number of piperidine rings is 1. The van der Waals surface area contributed by atoms with Gasteiger partial charge in [-0.3, -0.25) is 4.79 Å². The van der Waals surface area contributed by atoms with E-state index < -0.39 is 5.60 Å². The molecule has 37 heavy (non-hydrogen) atoms. The third-order valence-electron chi connectivity index (χ3n) is 6.90. The second kappa shape index (κ2) is 10.7. The van der Waals surface area contributed by atoms with Gasteiger partial charge in [0.2, 0.25) is 0 Å². The maximum absolute atomic E-state index is 13.1. The molecule has 4 aromatic rings. The van der Waals surface area contributed by atoms with Crippen molar-refractivity contribution in [3.05, 3.63) is 101 Å². The Hall–Kier alpha value is -3.68. The number of hydrogen-bond acceptors (Lipinski definition) is 5. The highest BCUT2D eigenvalue weighted by Crippen LogP contribution is 2.34. The van der Waals surface area contributed by atoms with Gasteiger partial charge in [-0.1, -0.05) is 55.3 Å². The van der Waals surface area contributed by atoms with E-state index in [9.17, 15) is 9.90 Å². The second-order valence-corrected chi connectivity index (χ2v) is 9.82. The summed E-state index contributed by atoms with van der Waals surface area (Å²) in [7, 11) is 0. The van der Waals surface area contributed by atoms with Crippen molar-refractivity contribution in [2.45, 2.75) is 38.2 Å². The number of aliphatic hydroxyl groups is 1. The van der Waals surface area contributed by atoms with Crippen LogP contribution in [0.25, 0.3) is 5.69 Å². The smallest absolute Gasteiger partial charge is 0.259 e. The Morgan fingerprint density at radius 3 is 2.41 bits per heavy atom. The third kappa shape index (κ3) is 5.38. The minimum absolute atomic E-state index is 0.218. The number of carbonyl (C=O) groups is 1. The molecular weight excluding hydrogens is 486 g/mol. The summed E-state index contributed by atoms with van der Waals surface area (Å²) in [6.07, 6.45) is 6.15. The number of hydrogen-bond donors (Lipinski definition) is 2. The van der Waals surface area contributed by atoms with Crippen molar-refractivity contribution in [2.75, 3.05) is 23.3 Å². The van der Waals surface area contributed by atoms with Crippen LogP contribution in [0.15, 0.2) is 79.1 Å². The van der Waals surface area contributed by atoms with Crippen molar-refractivity contribution in [2.24, 2.45) is 0 Å². The van der Waals surface area contributed by atoms with E-state index >= 15 is 0 Å². The Kier molecular flexibility index (Phi) is 7.26. The predicted molar refractivity (Wildman–Crippen MR) is 147 cm³/mol. The first-order valence-corrected chi connectivity index (χ1v) is 13.0. The standard InChI is InChI=1S/C29H30ClN5O2/c1-2-6-26-25(20-32-35(26)24-12-9-22(30)10-13-24)28(36)33-23-11-14-27(31-19-23)34-17-15-29(37,16-18-34)21-7-4-3-5-8-21/h3-5,7-14,19-20,37H,2,6,15-18H2,1H3,(H,33,36). The molecule has 0 aliphatic carbocycles. The SMILES string of the molecule is CCCc1c(C(=O)Nc2ccc(N3CCC(O)(c4ccccc4)CC3)nc2)cnn1-c1ccc(Cl)cc1. The molecule has 3 heterocycles. The van der Waals surface area contributed by atoms with Gasteiger partial charge < -0.3 is 15.3 Å². The summed E-state index contributed by atoms with van der Waals surface area (Å²) in [4.78, 5) is 19.9. The Morgan fingerprint density at radius 1 is 1.03 bits per heavy atom. The zero-order chi connectivity index (χ0) is 25.8. The first kappa shape index (κ1) is 25.0. The number of rotatable bonds is 7. The molecule has 8 heteroatoms. The molecule has 2 N–H and O–H groups in total. The van der Waals surface area contributed by atoms with Gasteiger partial charge in [-0.05, 0) is 61.2 Å². The number of aromatic nitrogens is 3. The van der Waals surface area contributed by atoms with E-state index in [0.29, 0.717) is 48.6 Å². The highest BCUT2D eigenvalue weighted by Gasteiger charge is 2.34. The van der Waals surface area contributed by atoms with Crippen LogP contribution in [-0.4, -0.2) is 38.9 Å². The third-order valence-corrected chi connectivity index (χ3v) is 7.15. The van der Waals surface area contributed by atoms with Crippen LogP contribution >= 0.6 is 11.6 Å². The molecule has 5 rings (SSSR count). The maximum atomic E-state index is 13.1. The molecule has 2 aromatic heterocycles. The van der Waals surface area contributed by atoms with Crippen LogP contribution in [-0.2, 0) is 12.0 Å². The van der Waals surface area contributed by atoms with Gasteiger partial charge in [-0.2, -0.15) is 5.10 Å². The van der Waals surface area contributed by atoms with E-state index in [1.807, 2.05) is 66.7 Å². The summed E-state index contributed by atoms with van der Waals surface area (Å²) in [6, 6.07) is 21.0. The molecule has 1 amide bonds. The van der Waals surface area contributed by atoms with Crippen molar-refractivity contribution in [1.82, 2.24) is 14.8 Å². The second-order valence-electron chi connectivity index (χ2n) is 9.39. The summed E-state index contributed by atoms with van der Waals surface area (Å²) in [5, 5.41) is 19.2. The zero-order valence-corrected chi connectivity index (χ0v) is 21.5. The molecule has 7 nitrogen and oxygen atoms in total. The number of nitrogens with one attached hydrogen (secondary N) is 1. The van der Waals surface area contributed by atoms with Gasteiger partial charge in [-0.25, -0.2) is 9.67 Å². The van der Waals surface area contributed by atoms with Crippen molar-refractivity contribution >= 4 is 29.0 Å². The highest BCUT2D eigenvalue weighted by molar-refractivity contribution is 6.30. The first-order chi connectivity index (χ1) is 18.0. The van der Waals surface area contributed by atoms with Crippen LogP contribution < -0.4 is 10.2 Å². The zero-order valence-electron chi connectivity index (χ0n) is 20.8. The number of carbonyl (C=O) groups excluding carboxylic acids is 1. The molecule has 0 bridgehead atoms. The summed E-state index contributed by atoms with van der Waals surface area (Å²) in [5.41, 5.74) is 3.02. The van der Waals surface area contributed by atoms with E-state index in [-0.39, 0.29) is 5.91 Å². The van der Waals surface area contributed by atoms with Gasteiger partial charge in [0.15, 0.2) is 0 Å². The van der Waals surface area contributed by atoms with Gasteiger partial charge >= 0.3 is 0 Å². The fourth-order valence-corrected chi connectivity index (χ4v) is 4.96. The summed E-state index contributed by atoms with van der Waals surface area (Å²) >= 11 is 6.03. The lowest BCUT2D eigenvalue weighted by Gasteiger charge is -2.39. The largest absolute Gasteiger partial charge is 0.385 e. The van der Waals surface area contributed by atoms with Crippen LogP contribution in [0, 0.1) is 0 Å². The number of halogens is 1. The summed E-state index contributed by atoms with van der Waals surface area (Å²) in [6.45, 7) is 3.48. The van der Waals surface area contributed by atoms with Crippen LogP contribution in [0.5, 0.6) is 0 Å². The van der Waals surface area contributed by atoms with Crippen molar-refractivity contribution in [1.29, 1.82) is 0 Å². The Labute approximate surface area is 221 Å². The lowest BCUT2D eigenvalue weighted by atomic mass is 9.84. The molecule has 2 aromatic carbocycles. The molecule has 0 radical (unpaired) electrons. The normalized spacial score (nSPS) is 14.9. The average Bonchev–Trinajstić information content (AvgIpc) is 3.34. The first-order valence-electron chi connectivity index (χ1n) is 12.6. The summed E-state index contributed by atoms with van der Waals surface area (Å²) < 4.78 is 1.79. The number of amides is 1. The average molecular weight is 516 g/mol. The number of benzene rings is 2. The van der Waals surface area contributed by atoms with Crippen molar-refractivity contribution < 1.29 is 9.90 Å². The van der Waals surface area contributed by atoms with Crippen LogP contribution in [0.2, 0.25) is 5.02 Å². The Balaban J connectivity index is 1.25. The Bertz CT molecular complexity index is 1350. The molecule has 190 valence electrons. The van der Waals surface area contributed by atoms with Gasteiger partial charge in [0.25, 0.3) is 5.91 Å². The fourth-order valence-electron chi connectivity index (χ4n) is 4.83. The van der Waals surface area contributed by atoms with E-state index in [2.05, 4.69) is 27.2 Å². The highest BCUT2D eigenvalue weighted by atomic mass is 35.5. The maximum Gasteiger partial charge on any atom is 0.259 e. The van der Waals surface area contributed by atoms with Crippen LogP contribution in [0.4, 0.5) is 11.5 Å². The lowest BCUT2D eigenvalue weighted by Crippen LogP contribution is -2.42. The van der Waals surface area contributed by atoms with Gasteiger partial charge in [-0.15, -0.1) is 0 Å². The van der Waals surface area contributed by atoms with E-state index in [0.717, 1.165) is 29.2 Å². The summed E-state index contributed by atoms with van der Waals surface area (Å²) in [5.74, 6) is 0.611. The molecule has 0 atom stereocenters. The van der Waals surface area contributed by atoms with Gasteiger partial charge in [0.05, 0.1) is 40.6 Å². The monoisotopic (exact) mass is 515 g/mol. The van der Waals surface area contributed by atoms with Crippen molar-refractivity contribution in [3.63, 3.8) is 0 Å². The molecule has 1 aliphatic heterocycles. The van der Waals surface area contributed by atoms with Gasteiger partial charge in [0.1, 0.15) is 5.82 Å². The molecule has 0 unspecified atom stereocenters. The molecule has 0 saturated carbocycles. The molecule has 1 fully saturated rings. The van der Waals surface area contributed by atoms with E-state index in [1.165, 1.54) is 0 Å². The van der Waals surface area contributed by atoms with E-state index in [1.54, 1.807) is 17.1 Å². The van der Waals surface area contributed by atoms with Crippen molar-refractivity contribution in [3.8, 4) is 5.69 Å². The number of nitrogens with zero attached hydrogens (tertiary/aromatic N) is 4.